The Bertz CT molecular complexity index is 698. The summed E-state index contributed by atoms with van der Waals surface area (Å²) in [5.41, 5.74) is -0.0892. The first kappa shape index (κ1) is 15.5. The van der Waals surface area contributed by atoms with Gasteiger partial charge in [-0.3, -0.25) is 4.79 Å². The Labute approximate surface area is 125 Å². The lowest BCUT2D eigenvalue weighted by Gasteiger charge is -2.11. The third-order valence-electron chi connectivity index (χ3n) is 2.81. The summed E-state index contributed by atoms with van der Waals surface area (Å²) in [4.78, 5) is 10.7. The van der Waals surface area contributed by atoms with Crippen LogP contribution >= 0.6 is 15.9 Å². The highest BCUT2D eigenvalue weighted by Gasteiger charge is 2.33. The van der Waals surface area contributed by atoms with E-state index in [1.165, 1.54) is 16.8 Å². The van der Waals surface area contributed by atoms with E-state index < -0.39 is 17.7 Å². The zero-order chi connectivity index (χ0) is 15.8. The summed E-state index contributed by atoms with van der Waals surface area (Å²) in [7, 11) is 0. The van der Waals surface area contributed by atoms with E-state index in [0.29, 0.717) is 5.69 Å². The van der Waals surface area contributed by atoms with Gasteiger partial charge in [-0.25, -0.2) is 4.68 Å². The number of benzene rings is 1. The quantitative estimate of drug-likeness (QED) is 0.910. The smallest absolute Gasteiger partial charge is 0.417 e. The van der Waals surface area contributed by atoms with Crippen LogP contribution in [0.2, 0.25) is 0 Å². The molecule has 1 aromatic carbocycles. The largest absolute Gasteiger partial charge is 0.481 e. The van der Waals surface area contributed by atoms with E-state index >= 15 is 0 Å². The standard InChI is InChI=1S/C12H9BrF3N3O2/c1-6-10(5-11(20)21)17-18-19(6)7-2-3-9(13)8(4-7)12(14,15)16/h2-4H,5H2,1H3,(H,20,21). The lowest BCUT2D eigenvalue weighted by molar-refractivity contribution is -0.138. The number of carbonyl (C=O) groups is 1. The molecule has 1 aromatic heterocycles. The number of nitrogens with zero attached hydrogens (tertiary/aromatic N) is 3. The van der Waals surface area contributed by atoms with Gasteiger partial charge in [0.05, 0.1) is 29.1 Å². The van der Waals surface area contributed by atoms with Crippen LogP contribution < -0.4 is 0 Å². The Kier molecular flexibility index (Phi) is 4.04. The number of carboxylic acid groups (broad SMARTS) is 1. The number of hydrogen-bond donors (Lipinski definition) is 1. The highest BCUT2D eigenvalue weighted by Crippen LogP contribution is 2.36. The Balaban J connectivity index is 2.48. The van der Waals surface area contributed by atoms with Crippen molar-refractivity contribution in [2.45, 2.75) is 19.5 Å². The third-order valence-corrected chi connectivity index (χ3v) is 3.50. The molecule has 112 valence electrons. The van der Waals surface area contributed by atoms with E-state index in [1.807, 2.05) is 0 Å². The van der Waals surface area contributed by atoms with Gasteiger partial charge in [0, 0.05) is 4.47 Å². The molecule has 0 aliphatic rings. The van der Waals surface area contributed by atoms with Crippen LogP contribution in [0.3, 0.4) is 0 Å². The van der Waals surface area contributed by atoms with Crippen LogP contribution in [0.15, 0.2) is 22.7 Å². The molecular weight excluding hydrogens is 355 g/mol. The summed E-state index contributed by atoms with van der Waals surface area (Å²) in [6.07, 6.45) is -4.85. The molecule has 0 saturated carbocycles. The molecule has 2 aromatic rings. The molecule has 0 unspecified atom stereocenters. The van der Waals surface area contributed by atoms with Crippen molar-refractivity contribution in [2.24, 2.45) is 0 Å². The van der Waals surface area contributed by atoms with Gasteiger partial charge in [-0.15, -0.1) is 5.10 Å². The number of alkyl halides is 3. The highest BCUT2D eigenvalue weighted by molar-refractivity contribution is 9.10. The molecule has 0 aliphatic heterocycles. The van der Waals surface area contributed by atoms with Crippen molar-refractivity contribution in [1.29, 1.82) is 0 Å². The van der Waals surface area contributed by atoms with Crippen LogP contribution in [0.1, 0.15) is 17.0 Å². The molecular formula is C12H9BrF3N3O2. The number of aliphatic carboxylic acids is 1. The van der Waals surface area contributed by atoms with Crippen LogP contribution in [0.25, 0.3) is 5.69 Å². The summed E-state index contributed by atoms with van der Waals surface area (Å²) >= 11 is 2.85. The zero-order valence-electron chi connectivity index (χ0n) is 10.6. The maximum Gasteiger partial charge on any atom is 0.417 e. The van der Waals surface area contributed by atoms with Gasteiger partial charge in [0.25, 0.3) is 0 Å². The molecule has 5 nitrogen and oxygen atoms in total. The van der Waals surface area contributed by atoms with Gasteiger partial charge < -0.3 is 5.11 Å². The molecule has 0 saturated heterocycles. The van der Waals surface area contributed by atoms with E-state index in [0.717, 1.165) is 6.07 Å². The highest BCUT2D eigenvalue weighted by atomic mass is 79.9. The maximum atomic E-state index is 12.9. The van der Waals surface area contributed by atoms with E-state index in [1.54, 1.807) is 6.92 Å². The second-order valence-electron chi connectivity index (χ2n) is 4.27. The Hall–Kier alpha value is -1.90. The minimum absolute atomic E-state index is 0.0812. The SMILES string of the molecule is Cc1c(CC(=O)O)nnn1-c1ccc(Br)c(C(F)(F)F)c1. The average Bonchev–Trinajstić information content (AvgIpc) is 2.70. The van der Waals surface area contributed by atoms with E-state index in [9.17, 15) is 18.0 Å². The number of rotatable bonds is 3. The van der Waals surface area contributed by atoms with Gasteiger partial charge in [-0.2, -0.15) is 13.2 Å². The minimum Gasteiger partial charge on any atom is -0.481 e. The molecule has 0 amide bonds. The summed E-state index contributed by atoms with van der Waals surface area (Å²) in [5.74, 6) is -1.09. The molecule has 0 aliphatic carbocycles. The molecule has 0 bridgehead atoms. The van der Waals surface area contributed by atoms with Crippen LogP contribution in [0, 0.1) is 6.92 Å². The van der Waals surface area contributed by atoms with Crippen molar-refractivity contribution in [3.05, 3.63) is 39.6 Å². The monoisotopic (exact) mass is 363 g/mol. The van der Waals surface area contributed by atoms with Crippen molar-refractivity contribution in [1.82, 2.24) is 15.0 Å². The lowest BCUT2D eigenvalue weighted by atomic mass is 10.2. The normalized spacial score (nSPS) is 11.7. The second kappa shape index (κ2) is 5.47. The molecule has 9 heteroatoms. The molecule has 0 atom stereocenters. The van der Waals surface area contributed by atoms with Gasteiger partial charge in [0.15, 0.2) is 0 Å². The topological polar surface area (TPSA) is 68.0 Å². The molecule has 21 heavy (non-hydrogen) atoms. The minimum atomic E-state index is -4.51. The molecule has 0 spiro atoms. The molecule has 1 heterocycles. The Morgan fingerprint density at radius 3 is 2.67 bits per heavy atom. The number of halogens is 4. The van der Waals surface area contributed by atoms with Gasteiger partial charge >= 0.3 is 12.1 Å². The van der Waals surface area contributed by atoms with Gasteiger partial charge in [-0.1, -0.05) is 21.1 Å². The summed E-state index contributed by atoms with van der Waals surface area (Å²) in [5, 5.41) is 16.1. The fraction of sp³-hybridized carbons (Fsp3) is 0.250. The van der Waals surface area contributed by atoms with Gasteiger partial charge in [-0.05, 0) is 25.1 Å². The number of hydrogen-bond acceptors (Lipinski definition) is 3. The van der Waals surface area contributed by atoms with Crippen molar-refractivity contribution >= 4 is 21.9 Å². The van der Waals surface area contributed by atoms with E-state index in [-0.39, 0.29) is 22.3 Å². The van der Waals surface area contributed by atoms with Crippen LogP contribution in [-0.4, -0.2) is 26.1 Å². The fourth-order valence-corrected chi connectivity index (χ4v) is 2.25. The van der Waals surface area contributed by atoms with Crippen molar-refractivity contribution in [3.63, 3.8) is 0 Å². The molecule has 2 rings (SSSR count). The molecule has 0 radical (unpaired) electrons. The molecule has 0 fully saturated rings. The second-order valence-corrected chi connectivity index (χ2v) is 5.12. The first-order valence-corrected chi connectivity index (χ1v) is 6.49. The third kappa shape index (κ3) is 3.23. The van der Waals surface area contributed by atoms with Crippen molar-refractivity contribution in [3.8, 4) is 5.69 Å². The summed E-state index contributed by atoms with van der Waals surface area (Å²) in [6, 6.07) is 3.62. The van der Waals surface area contributed by atoms with Gasteiger partial charge in [0.2, 0.25) is 0 Å². The first-order valence-electron chi connectivity index (χ1n) is 5.70. The van der Waals surface area contributed by atoms with E-state index in [4.69, 9.17) is 5.11 Å². The van der Waals surface area contributed by atoms with Crippen LogP contribution in [-0.2, 0) is 17.4 Å². The summed E-state index contributed by atoms with van der Waals surface area (Å²) < 4.78 is 39.7. The first-order chi connectivity index (χ1) is 9.70. The predicted molar refractivity (Wildman–Crippen MR) is 70.1 cm³/mol. The average molecular weight is 364 g/mol. The Morgan fingerprint density at radius 1 is 1.43 bits per heavy atom. The zero-order valence-corrected chi connectivity index (χ0v) is 12.2. The maximum absolute atomic E-state index is 12.9. The molecule has 1 N–H and O–H groups in total. The van der Waals surface area contributed by atoms with Crippen molar-refractivity contribution in [2.75, 3.05) is 0 Å². The predicted octanol–water partition coefficient (Wildman–Crippen LogP) is 2.98. The van der Waals surface area contributed by atoms with Gasteiger partial charge in [0.1, 0.15) is 0 Å². The van der Waals surface area contributed by atoms with Crippen LogP contribution in [0.4, 0.5) is 13.2 Å². The number of aromatic nitrogens is 3. The fourth-order valence-electron chi connectivity index (χ4n) is 1.77. The van der Waals surface area contributed by atoms with Crippen LogP contribution in [0.5, 0.6) is 0 Å². The Morgan fingerprint density at radius 2 is 2.10 bits per heavy atom. The van der Waals surface area contributed by atoms with Crippen molar-refractivity contribution < 1.29 is 23.1 Å². The lowest BCUT2D eigenvalue weighted by Crippen LogP contribution is -2.09. The van der Waals surface area contributed by atoms with E-state index in [2.05, 4.69) is 26.2 Å². The summed E-state index contributed by atoms with van der Waals surface area (Å²) in [6.45, 7) is 1.55. The number of carboxylic acids is 1.